The summed E-state index contributed by atoms with van der Waals surface area (Å²) in [7, 11) is 0. The molecule has 1 aliphatic heterocycles. The fourth-order valence-electron chi connectivity index (χ4n) is 3.14. The number of aryl methyl sites for hydroxylation is 1. The Kier molecular flexibility index (Phi) is 5.61. The molecule has 1 N–H and O–H groups in total. The van der Waals surface area contributed by atoms with Gasteiger partial charge < -0.3 is 10.2 Å². The second-order valence-electron chi connectivity index (χ2n) is 6.65. The fraction of sp³-hybridized carbons (Fsp3) is 0.400. The van der Waals surface area contributed by atoms with Gasteiger partial charge in [-0.2, -0.15) is 0 Å². The molecule has 1 amide bonds. The lowest BCUT2D eigenvalue weighted by Gasteiger charge is -2.20. The average Bonchev–Trinajstić information content (AvgIpc) is 2.90. The van der Waals surface area contributed by atoms with Gasteiger partial charge in [0.25, 0.3) is 5.91 Å². The molecule has 1 aromatic heterocycles. The number of anilines is 2. The van der Waals surface area contributed by atoms with E-state index in [1.165, 1.54) is 19.8 Å². The Morgan fingerprint density at radius 1 is 1.04 bits per heavy atom. The number of carbonyl (C=O) groups excluding carboxylic acids is 2. The summed E-state index contributed by atoms with van der Waals surface area (Å²) in [5.74, 6) is 1.05. The largest absolute Gasteiger partial charge is 0.340 e. The molecular weight excluding hydrogens is 328 g/mol. The molecule has 0 unspecified atom stereocenters. The van der Waals surface area contributed by atoms with E-state index in [0.717, 1.165) is 31.6 Å². The molecule has 26 heavy (non-hydrogen) atoms. The van der Waals surface area contributed by atoms with E-state index in [0.29, 0.717) is 22.9 Å². The summed E-state index contributed by atoms with van der Waals surface area (Å²) in [6.07, 6.45) is 4.43. The summed E-state index contributed by atoms with van der Waals surface area (Å²) in [6, 6.07) is 8.90. The number of nitrogens with one attached hydrogen (secondary N) is 1. The molecule has 136 valence electrons. The van der Waals surface area contributed by atoms with Crippen molar-refractivity contribution >= 4 is 23.2 Å². The highest BCUT2D eigenvalue weighted by atomic mass is 16.2. The predicted molar refractivity (Wildman–Crippen MR) is 101 cm³/mol. The Morgan fingerprint density at radius 2 is 1.77 bits per heavy atom. The number of likely N-dealkylation sites (tertiary alicyclic amines) is 1. The van der Waals surface area contributed by atoms with Crippen LogP contribution in [0.3, 0.4) is 0 Å². The van der Waals surface area contributed by atoms with Gasteiger partial charge in [0, 0.05) is 30.4 Å². The number of Topliss-reactive ketones (excluding diaryl/α,β-unsaturated/α-hetero) is 1. The summed E-state index contributed by atoms with van der Waals surface area (Å²) in [5, 5.41) is 3.18. The highest BCUT2D eigenvalue weighted by Gasteiger charge is 2.19. The van der Waals surface area contributed by atoms with Crippen molar-refractivity contribution in [1.29, 1.82) is 0 Å². The number of nitrogens with zero attached hydrogens (tertiary/aromatic N) is 3. The van der Waals surface area contributed by atoms with E-state index in [1.807, 2.05) is 17.0 Å². The van der Waals surface area contributed by atoms with Crippen LogP contribution in [-0.2, 0) is 0 Å². The molecule has 6 heteroatoms. The van der Waals surface area contributed by atoms with Crippen LogP contribution in [0.25, 0.3) is 0 Å². The molecule has 1 saturated heterocycles. The van der Waals surface area contributed by atoms with E-state index in [2.05, 4.69) is 15.3 Å². The maximum atomic E-state index is 12.8. The first kappa shape index (κ1) is 18.0. The predicted octanol–water partition coefficient (Wildman–Crippen LogP) is 3.75. The van der Waals surface area contributed by atoms with Crippen molar-refractivity contribution in [2.75, 3.05) is 18.4 Å². The van der Waals surface area contributed by atoms with Gasteiger partial charge in [-0.05, 0) is 38.8 Å². The van der Waals surface area contributed by atoms with E-state index in [9.17, 15) is 9.59 Å². The third kappa shape index (κ3) is 4.45. The van der Waals surface area contributed by atoms with Crippen LogP contribution in [0, 0.1) is 6.92 Å². The summed E-state index contributed by atoms with van der Waals surface area (Å²) in [6.45, 7) is 4.87. The smallest absolute Gasteiger partial charge is 0.272 e. The minimum atomic E-state index is -0.0436. The number of amides is 1. The van der Waals surface area contributed by atoms with Gasteiger partial charge >= 0.3 is 0 Å². The van der Waals surface area contributed by atoms with Crippen LogP contribution in [-0.4, -0.2) is 39.6 Å². The second-order valence-corrected chi connectivity index (χ2v) is 6.65. The topological polar surface area (TPSA) is 75.2 Å². The number of benzene rings is 1. The maximum Gasteiger partial charge on any atom is 0.272 e. The van der Waals surface area contributed by atoms with Crippen molar-refractivity contribution in [1.82, 2.24) is 14.9 Å². The molecule has 1 aliphatic rings. The first-order valence-corrected chi connectivity index (χ1v) is 9.06. The lowest BCUT2D eigenvalue weighted by atomic mass is 10.1. The first-order valence-electron chi connectivity index (χ1n) is 9.06. The monoisotopic (exact) mass is 352 g/mol. The third-order valence-corrected chi connectivity index (χ3v) is 4.49. The number of hydrogen-bond donors (Lipinski definition) is 1. The Bertz CT molecular complexity index is 811. The van der Waals surface area contributed by atoms with Crippen LogP contribution in [0.5, 0.6) is 0 Å². The van der Waals surface area contributed by atoms with Crippen molar-refractivity contribution in [3.05, 3.63) is 47.4 Å². The summed E-state index contributed by atoms with van der Waals surface area (Å²) in [5.41, 5.74) is 1.79. The Labute approximate surface area is 153 Å². The average molecular weight is 352 g/mol. The molecule has 0 radical (unpaired) electrons. The van der Waals surface area contributed by atoms with Crippen molar-refractivity contribution in [2.45, 2.75) is 39.5 Å². The van der Waals surface area contributed by atoms with Gasteiger partial charge in [0.2, 0.25) is 0 Å². The number of hydrogen-bond acceptors (Lipinski definition) is 5. The van der Waals surface area contributed by atoms with Crippen molar-refractivity contribution < 1.29 is 9.59 Å². The van der Waals surface area contributed by atoms with E-state index < -0.39 is 0 Å². The van der Waals surface area contributed by atoms with E-state index in [1.54, 1.807) is 25.1 Å². The molecule has 1 aromatic carbocycles. The van der Waals surface area contributed by atoms with E-state index >= 15 is 0 Å². The number of carbonyl (C=O) groups is 2. The molecule has 0 bridgehead atoms. The molecule has 0 atom stereocenters. The van der Waals surface area contributed by atoms with Gasteiger partial charge in [0.15, 0.2) is 5.78 Å². The fourth-order valence-corrected chi connectivity index (χ4v) is 3.14. The minimum Gasteiger partial charge on any atom is -0.340 e. The lowest BCUT2D eigenvalue weighted by Crippen LogP contribution is -2.32. The van der Waals surface area contributed by atoms with Crippen LogP contribution in [0.2, 0.25) is 0 Å². The van der Waals surface area contributed by atoms with Crippen LogP contribution < -0.4 is 5.32 Å². The van der Waals surface area contributed by atoms with Crippen molar-refractivity contribution in [3.8, 4) is 0 Å². The molecular formula is C20H24N4O2. The summed E-state index contributed by atoms with van der Waals surface area (Å²) in [4.78, 5) is 34.9. The zero-order valence-corrected chi connectivity index (χ0v) is 15.3. The maximum absolute atomic E-state index is 12.8. The second kappa shape index (κ2) is 8.08. The third-order valence-electron chi connectivity index (χ3n) is 4.49. The van der Waals surface area contributed by atoms with Gasteiger partial charge in [-0.3, -0.25) is 9.59 Å². The van der Waals surface area contributed by atoms with Crippen LogP contribution >= 0.6 is 0 Å². The Hall–Kier alpha value is -2.76. The SMILES string of the molecule is CC(=O)c1cccc(Nc2cc(C(=O)N3CCCCCC3)nc(C)n2)c1. The molecule has 2 aromatic rings. The highest BCUT2D eigenvalue weighted by Crippen LogP contribution is 2.19. The normalized spacial score (nSPS) is 14.6. The molecule has 3 rings (SSSR count). The highest BCUT2D eigenvalue weighted by molar-refractivity contribution is 5.95. The van der Waals surface area contributed by atoms with Crippen LogP contribution in [0.15, 0.2) is 30.3 Å². The number of aromatic nitrogens is 2. The van der Waals surface area contributed by atoms with Gasteiger partial charge in [0.1, 0.15) is 17.3 Å². The van der Waals surface area contributed by atoms with Crippen molar-refractivity contribution in [2.24, 2.45) is 0 Å². The molecule has 0 aliphatic carbocycles. The molecule has 1 fully saturated rings. The van der Waals surface area contributed by atoms with Gasteiger partial charge in [-0.1, -0.05) is 25.0 Å². The number of rotatable bonds is 4. The molecule has 0 saturated carbocycles. The Balaban J connectivity index is 1.82. The minimum absolute atomic E-state index is 0.00421. The lowest BCUT2D eigenvalue weighted by molar-refractivity contribution is 0.0755. The van der Waals surface area contributed by atoms with Crippen LogP contribution in [0.1, 0.15) is 59.3 Å². The quantitative estimate of drug-likeness (QED) is 0.848. The van der Waals surface area contributed by atoms with E-state index in [4.69, 9.17) is 0 Å². The van der Waals surface area contributed by atoms with Gasteiger partial charge in [0.05, 0.1) is 0 Å². The molecule has 0 spiro atoms. The summed E-state index contributed by atoms with van der Waals surface area (Å²) >= 11 is 0. The zero-order valence-electron chi connectivity index (χ0n) is 15.3. The van der Waals surface area contributed by atoms with Gasteiger partial charge in [-0.25, -0.2) is 9.97 Å². The zero-order chi connectivity index (χ0) is 18.5. The molecule has 2 heterocycles. The van der Waals surface area contributed by atoms with Gasteiger partial charge in [-0.15, -0.1) is 0 Å². The molecule has 6 nitrogen and oxygen atoms in total. The van der Waals surface area contributed by atoms with Crippen LogP contribution in [0.4, 0.5) is 11.5 Å². The first-order chi connectivity index (χ1) is 12.5. The number of ketones is 1. The summed E-state index contributed by atoms with van der Waals surface area (Å²) < 4.78 is 0. The standard InChI is InChI=1S/C20H24N4O2/c1-14(25)16-8-7-9-17(12-16)23-19-13-18(21-15(2)22-19)20(26)24-10-5-3-4-6-11-24/h7-9,12-13H,3-6,10-11H2,1-2H3,(H,21,22,23). The van der Waals surface area contributed by atoms with E-state index in [-0.39, 0.29) is 11.7 Å². The van der Waals surface area contributed by atoms with Crippen molar-refractivity contribution in [3.63, 3.8) is 0 Å². The Morgan fingerprint density at radius 3 is 2.46 bits per heavy atom.